The fourth-order valence-corrected chi connectivity index (χ4v) is 1.60. The van der Waals surface area contributed by atoms with Crippen LogP contribution >= 0.6 is 0 Å². The lowest BCUT2D eigenvalue weighted by atomic mass is 10.2. The Morgan fingerprint density at radius 2 is 2.05 bits per heavy atom. The second-order valence-electron chi connectivity index (χ2n) is 3.94. The molecule has 98 valence electrons. The number of ether oxygens (including phenoxy) is 2. The molecule has 0 fully saturated rings. The lowest BCUT2D eigenvalue weighted by molar-refractivity contribution is 0.0598. The van der Waals surface area contributed by atoms with Gasteiger partial charge in [0.2, 0.25) is 0 Å². The summed E-state index contributed by atoms with van der Waals surface area (Å²) in [7, 11) is 1.31. The van der Waals surface area contributed by atoms with Crippen molar-refractivity contribution >= 4 is 11.7 Å². The van der Waals surface area contributed by atoms with E-state index in [1.807, 2.05) is 6.92 Å². The first-order valence-electron chi connectivity index (χ1n) is 5.69. The van der Waals surface area contributed by atoms with Crippen LogP contribution in [0.1, 0.15) is 16.1 Å². The summed E-state index contributed by atoms with van der Waals surface area (Å²) in [6, 6.07) is 8.35. The number of benzene rings is 1. The number of nitrogens with zero attached hydrogens (tertiary/aromatic N) is 1. The summed E-state index contributed by atoms with van der Waals surface area (Å²) < 4.78 is 10.4. The van der Waals surface area contributed by atoms with Gasteiger partial charge in [-0.2, -0.15) is 0 Å². The van der Waals surface area contributed by atoms with Crippen molar-refractivity contribution in [2.45, 2.75) is 6.92 Å². The predicted molar refractivity (Wildman–Crippen MR) is 71.2 cm³/mol. The summed E-state index contributed by atoms with van der Waals surface area (Å²) in [4.78, 5) is 15.8. The molecule has 0 radical (unpaired) electrons. The van der Waals surface area contributed by atoms with Gasteiger partial charge in [0.25, 0.3) is 0 Å². The SMILES string of the molecule is COC(=O)c1cc(N)ccc1Oc1cccnc1C. The van der Waals surface area contributed by atoms with Gasteiger partial charge in [-0.05, 0) is 37.3 Å². The molecule has 2 rings (SSSR count). The number of carbonyl (C=O) groups is 1. The molecule has 2 aromatic rings. The van der Waals surface area contributed by atoms with E-state index in [0.717, 1.165) is 5.69 Å². The van der Waals surface area contributed by atoms with Crippen molar-refractivity contribution in [3.05, 3.63) is 47.8 Å². The minimum absolute atomic E-state index is 0.283. The maximum Gasteiger partial charge on any atom is 0.341 e. The van der Waals surface area contributed by atoms with Gasteiger partial charge >= 0.3 is 5.97 Å². The largest absolute Gasteiger partial charge is 0.465 e. The molecule has 0 aliphatic carbocycles. The zero-order chi connectivity index (χ0) is 13.8. The van der Waals surface area contributed by atoms with E-state index in [0.29, 0.717) is 17.2 Å². The van der Waals surface area contributed by atoms with Crippen LogP contribution in [0.5, 0.6) is 11.5 Å². The van der Waals surface area contributed by atoms with Crippen LogP contribution in [0.3, 0.4) is 0 Å². The van der Waals surface area contributed by atoms with E-state index in [4.69, 9.17) is 15.2 Å². The summed E-state index contributed by atoms with van der Waals surface area (Å²) in [6.45, 7) is 1.82. The van der Waals surface area contributed by atoms with Crippen molar-refractivity contribution in [1.29, 1.82) is 0 Å². The Labute approximate surface area is 111 Å². The molecule has 19 heavy (non-hydrogen) atoms. The fourth-order valence-electron chi connectivity index (χ4n) is 1.60. The van der Waals surface area contributed by atoms with Gasteiger partial charge in [0.05, 0.1) is 12.8 Å². The number of hydrogen-bond donors (Lipinski definition) is 1. The Morgan fingerprint density at radius 3 is 2.74 bits per heavy atom. The van der Waals surface area contributed by atoms with Crippen molar-refractivity contribution in [2.24, 2.45) is 0 Å². The van der Waals surface area contributed by atoms with Crippen LogP contribution in [-0.2, 0) is 4.74 Å². The summed E-state index contributed by atoms with van der Waals surface area (Å²) in [5.74, 6) is 0.471. The third kappa shape index (κ3) is 2.82. The van der Waals surface area contributed by atoms with Gasteiger partial charge in [-0.15, -0.1) is 0 Å². The Morgan fingerprint density at radius 1 is 1.26 bits per heavy atom. The van der Waals surface area contributed by atoms with E-state index in [-0.39, 0.29) is 5.56 Å². The van der Waals surface area contributed by atoms with Crippen LogP contribution in [0, 0.1) is 6.92 Å². The van der Waals surface area contributed by atoms with E-state index in [1.54, 1.807) is 30.5 Å². The fraction of sp³-hybridized carbons (Fsp3) is 0.143. The number of aromatic nitrogens is 1. The number of methoxy groups -OCH3 is 1. The standard InChI is InChI=1S/C14H14N2O3/c1-9-12(4-3-7-16-9)19-13-6-5-10(15)8-11(13)14(17)18-2/h3-8H,15H2,1-2H3. The molecular formula is C14H14N2O3. The van der Waals surface area contributed by atoms with Gasteiger partial charge in [-0.25, -0.2) is 4.79 Å². The summed E-state index contributed by atoms with van der Waals surface area (Å²) in [5, 5.41) is 0. The van der Waals surface area contributed by atoms with Crippen molar-refractivity contribution < 1.29 is 14.3 Å². The van der Waals surface area contributed by atoms with Crippen LogP contribution in [0.25, 0.3) is 0 Å². The van der Waals surface area contributed by atoms with Crippen LogP contribution in [0.15, 0.2) is 36.5 Å². The van der Waals surface area contributed by atoms with E-state index < -0.39 is 5.97 Å². The molecule has 0 atom stereocenters. The van der Waals surface area contributed by atoms with Gasteiger partial charge in [0.1, 0.15) is 17.1 Å². The van der Waals surface area contributed by atoms with Crippen molar-refractivity contribution in [1.82, 2.24) is 4.98 Å². The molecule has 0 spiro atoms. The van der Waals surface area contributed by atoms with E-state index in [2.05, 4.69) is 4.98 Å². The highest BCUT2D eigenvalue weighted by atomic mass is 16.5. The predicted octanol–water partition coefficient (Wildman–Crippen LogP) is 2.55. The molecular weight excluding hydrogens is 244 g/mol. The van der Waals surface area contributed by atoms with Crippen molar-refractivity contribution in [3.8, 4) is 11.5 Å². The highest BCUT2D eigenvalue weighted by Crippen LogP contribution is 2.28. The molecule has 0 saturated heterocycles. The Hall–Kier alpha value is -2.56. The van der Waals surface area contributed by atoms with Gasteiger partial charge in [-0.1, -0.05) is 0 Å². The lowest BCUT2D eigenvalue weighted by Crippen LogP contribution is -2.05. The molecule has 0 bridgehead atoms. The normalized spacial score (nSPS) is 10.0. The molecule has 0 saturated carbocycles. The first kappa shape index (κ1) is 12.9. The molecule has 0 aliphatic heterocycles. The minimum atomic E-state index is -0.496. The molecule has 1 aromatic carbocycles. The van der Waals surface area contributed by atoms with E-state index in [1.165, 1.54) is 13.2 Å². The van der Waals surface area contributed by atoms with Crippen LogP contribution < -0.4 is 10.5 Å². The number of anilines is 1. The number of nitrogens with two attached hydrogens (primary N) is 1. The maximum absolute atomic E-state index is 11.7. The second kappa shape index (κ2) is 5.39. The minimum Gasteiger partial charge on any atom is -0.465 e. The monoisotopic (exact) mass is 258 g/mol. The summed E-state index contributed by atoms with van der Waals surface area (Å²) in [6.07, 6.45) is 1.67. The number of rotatable bonds is 3. The zero-order valence-corrected chi connectivity index (χ0v) is 10.7. The molecule has 5 heteroatoms. The Kier molecular flexibility index (Phi) is 3.66. The zero-order valence-electron chi connectivity index (χ0n) is 10.7. The average molecular weight is 258 g/mol. The molecule has 5 nitrogen and oxygen atoms in total. The van der Waals surface area contributed by atoms with Crippen molar-refractivity contribution in [3.63, 3.8) is 0 Å². The van der Waals surface area contributed by atoms with E-state index in [9.17, 15) is 4.79 Å². The first-order valence-corrected chi connectivity index (χ1v) is 5.69. The summed E-state index contributed by atoms with van der Waals surface area (Å²) in [5.41, 5.74) is 7.15. The number of esters is 1. The van der Waals surface area contributed by atoms with Crippen LogP contribution in [-0.4, -0.2) is 18.1 Å². The van der Waals surface area contributed by atoms with Gasteiger partial charge < -0.3 is 15.2 Å². The summed E-state index contributed by atoms with van der Waals surface area (Å²) >= 11 is 0. The molecule has 0 unspecified atom stereocenters. The molecule has 0 amide bonds. The number of pyridine rings is 1. The highest BCUT2D eigenvalue weighted by Gasteiger charge is 2.15. The maximum atomic E-state index is 11.7. The highest BCUT2D eigenvalue weighted by molar-refractivity contribution is 5.93. The van der Waals surface area contributed by atoms with Gasteiger partial charge in [0, 0.05) is 11.9 Å². The quantitative estimate of drug-likeness (QED) is 0.676. The topological polar surface area (TPSA) is 74.4 Å². The van der Waals surface area contributed by atoms with Crippen molar-refractivity contribution in [2.75, 3.05) is 12.8 Å². The van der Waals surface area contributed by atoms with Gasteiger partial charge in [-0.3, -0.25) is 4.98 Å². The Balaban J connectivity index is 2.40. The Bertz CT molecular complexity index is 611. The van der Waals surface area contributed by atoms with Gasteiger partial charge in [0.15, 0.2) is 0 Å². The first-order chi connectivity index (χ1) is 9.11. The molecule has 2 N–H and O–H groups in total. The van der Waals surface area contributed by atoms with Crippen LogP contribution in [0.2, 0.25) is 0 Å². The molecule has 1 aromatic heterocycles. The third-order valence-corrected chi connectivity index (χ3v) is 2.59. The second-order valence-corrected chi connectivity index (χ2v) is 3.94. The van der Waals surface area contributed by atoms with E-state index >= 15 is 0 Å². The molecule has 1 heterocycles. The number of nitrogen functional groups attached to an aromatic ring is 1. The van der Waals surface area contributed by atoms with Crippen LogP contribution in [0.4, 0.5) is 5.69 Å². The molecule has 0 aliphatic rings. The average Bonchev–Trinajstić information content (AvgIpc) is 2.42. The number of hydrogen-bond acceptors (Lipinski definition) is 5. The third-order valence-electron chi connectivity index (χ3n) is 2.59. The smallest absolute Gasteiger partial charge is 0.341 e. The lowest BCUT2D eigenvalue weighted by Gasteiger charge is -2.11. The number of aryl methyl sites for hydroxylation is 1. The number of carbonyl (C=O) groups excluding carboxylic acids is 1.